The van der Waals surface area contributed by atoms with E-state index in [0.717, 1.165) is 5.56 Å². The van der Waals surface area contributed by atoms with Crippen molar-refractivity contribution in [3.63, 3.8) is 0 Å². The summed E-state index contributed by atoms with van der Waals surface area (Å²) in [6, 6.07) is 8.58. The van der Waals surface area contributed by atoms with Crippen LogP contribution >= 0.6 is 11.6 Å². The summed E-state index contributed by atoms with van der Waals surface area (Å²) < 4.78 is 31.8. The van der Waals surface area contributed by atoms with Crippen LogP contribution in [-0.4, -0.2) is 45.0 Å². The van der Waals surface area contributed by atoms with E-state index in [-0.39, 0.29) is 36.0 Å². The molecule has 166 valence electrons. The highest BCUT2D eigenvalue weighted by Gasteiger charge is 2.36. The lowest BCUT2D eigenvalue weighted by molar-refractivity contribution is -0.123. The van der Waals surface area contributed by atoms with Crippen LogP contribution in [-0.2, 0) is 25.3 Å². The summed E-state index contributed by atoms with van der Waals surface area (Å²) >= 11 is 6.28. The number of nitrogens with zero attached hydrogens (tertiary/aromatic N) is 2. The minimum Gasteiger partial charge on any atom is -0.462 e. The van der Waals surface area contributed by atoms with E-state index in [1.807, 2.05) is 19.1 Å². The molecule has 1 saturated heterocycles. The van der Waals surface area contributed by atoms with Gasteiger partial charge in [0.1, 0.15) is 5.82 Å². The fraction of sp³-hybridized carbons (Fsp3) is 0.381. The van der Waals surface area contributed by atoms with Crippen LogP contribution in [0.5, 0.6) is 0 Å². The van der Waals surface area contributed by atoms with Crippen molar-refractivity contribution in [2.45, 2.75) is 26.5 Å². The molecule has 3 rings (SSSR count). The van der Waals surface area contributed by atoms with Crippen molar-refractivity contribution in [3.05, 3.63) is 57.7 Å². The summed E-state index contributed by atoms with van der Waals surface area (Å²) in [5, 5.41) is 0.263. The number of esters is 1. The SMILES string of the molecule is CCOC(=O)c1cc(Cl)c(N2CC(C(=O)NS(=O)(=O)Cc3ccc(C)cc3)C2)nc1C. The average Bonchev–Trinajstić information content (AvgIpc) is 2.64. The topological polar surface area (TPSA) is 106 Å². The van der Waals surface area contributed by atoms with Gasteiger partial charge >= 0.3 is 5.97 Å². The number of anilines is 1. The second-order valence-electron chi connectivity index (χ2n) is 7.46. The van der Waals surface area contributed by atoms with Crippen LogP contribution in [0.1, 0.15) is 34.1 Å². The summed E-state index contributed by atoms with van der Waals surface area (Å²) in [6.45, 7) is 6.09. The number of aryl methyl sites for hydroxylation is 2. The number of nitrogens with one attached hydrogen (secondary N) is 1. The number of pyridine rings is 1. The number of sulfonamides is 1. The Morgan fingerprint density at radius 3 is 2.48 bits per heavy atom. The van der Waals surface area contributed by atoms with E-state index in [9.17, 15) is 18.0 Å². The number of ether oxygens (including phenoxy) is 1. The van der Waals surface area contributed by atoms with E-state index in [4.69, 9.17) is 16.3 Å². The third-order valence-electron chi connectivity index (χ3n) is 4.93. The number of halogens is 1. The van der Waals surface area contributed by atoms with Gasteiger partial charge in [0.2, 0.25) is 15.9 Å². The molecule has 0 bridgehead atoms. The zero-order chi connectivity index (χ0) is 22.8. The fourth-order valence-corrected chi connectivity index (χ4v) is 4.65. The highest BCUT2D eigenvalue weighted by atomic mass is 35.5. The van der Waals surface area contributed by atoms with E-state index in [0.29, 0.717) is 17.1 Å². The van der Waals surface area contributed by atoms with Gasteiger partial charge in [-0.3, -0.25) is 9.52 Å². The molecule has 0 radical (unpaired) electrons. The Labute approximate surface area is 186 Å². The van der Waals surface area contributed by atoms with Crippen molar-refractivity contribution in [1.82, 2.24) is 9.71 Å². The van der Waals surface area contributed by atoms with Crippen molar-refractivity contribution >= 4 is 39.3 Å². The average molecular weight is 466 g/mol. The third-order valence-corrected chi connectivity index (χ3v) is 6.43. The van der Waals surface area contributed by atoms with E-state index >= 15 is 0 Å². The summed E-state index contributed by atoms with van der Waals surface area (Å²) in [5.41, 5.74) is 2.38. The summed E-state index contributed by atoms with van der Waals surface area (Å²) in [5.74, 6) is -1.38. The Hall–Kier alpha value is -2.65. The molecule has 0 aliphatic carbocycles. The molecule has 10 heteroatoms. The molecule has 0 saturated carbocycles. The van der Waals surface area contributed by atoms with E-state index in [2.05, 4.69) is 9.71 Å². The second kappa shape index (κ2) is 9.23. The first-order valence-electron chi connectivity index (χ1n) is 9.78. The normalized spacial score (nSPS) is 14.1. The first-order chi connectivity index (χ1) is 14.6. The molecule has 1 fully saturated rings. The van der Waals surface area contributed by atoms with Crippen molar-refractivity contribution < 1.29 is 22.7 Å². The van der Waals surface area contributed by atoms with E-state index in [1.54, 1.807) is 30.9 Å². The van der Waals surface area contributed by atoms with E-state index < -0.39 is 27.8 Å². The van der Waals surface area contributed by atoms with Crippen molar-refractivity contribution in [1.29, 1.82) is 0 Å². The first-order valence-corrected chi connectivity index (χ1v) is 11.8. The number of aromatic nitrogens is 1. The predicted molar refractivity (Wildman–Crippen MR) is 118 cm³/mol. The second-order valence-corrected chi connectivity index (χ2v) is 9.59. The van der Waals surface area contributed by atoms with Gasteiger partial charge in [0.25, 0.3) is 0 Å². The van der Waals surface area contributed by atoms with Crippen LogP contribution in [0.25, 0.3) is 0 Å². The zero-order valence-electron chi connectivity index (χ0n) is 17.5. The molecule has 0 spiro atoms. The first kappa shape index (κ1) is 23.0. The van der Waals surface area contributed by atoms with Gasteiger partial charge in [0.15, 0.2) is 0 Å². The lowest BCUT2D eigenvalue weighted by Crippen LogP contribution is -2.55. The lowest BCUT2D eigenvalue weighted by atomic mass is 9.99. The van der Waals surface area contributed by atoms with Crippen LogP contribution in [0, 0.1) is 19.8 Å². The van der Waals surface area contributed by atoms with Gasteiger partial charge in [-0.25, -0.2) is 18.2 Å². The van der Waals surface area contributed by atoms with Crippen molar-refractivity contribution in [2.24, 2.45) is 5.92 Å². The highest BCUT2D eigenvalue weighted by Crippen LogP contribution is 2.31. The van der Waals surface area contributed by atoms with Gasteiger partial charge in [0, 0.05) is 13.1 Å². The Bertz CT molecular complexity index is 1100. The minimum atomic E-state index is -3.80. The monoisotopic (exact) mass is 465 g/mol. The fourth-order valence-electron chi connectivity index (χ4n) is 3.20. The van der Waals surface area contributed by atoms with Crippen LogP contribution in [0.2, 0.25) is 5.02 Å². The maximum Gasteiger partial charge on any atom is 0.340 e. The third kappa shape index (κ3) is 5.54. The Morgan fingerprint density at radius 2 is 1.87 bits per heavy atom. The number of hydrogen-bond donors (Lipinski definition) is 1. The molecule has 1 aromatic carbocycles. The van der Waals surface area contributed by atoms with Crippen LogP contribution in [0.3, 0.4) is 0 Å². The molecule has 2 aromatic rings. The highest BCUT2D eigenvalue weighted by molar-refractivity contribution is 7.89. The molecule has 1 aromatic heterocycles. The van der Waals surface area contributed by atoms with Gasteiger partial charge in [0.05, 0.1) is 34.6 Å². The number of carbonyl (C=O) groups is 2. The number of carbonyl (C=O) groups excluding carboxylic acids is 2. The molecule has 1 aliphatic rings. The minimum absolute atomic E-state index is 0.243. The molecule has 1 N–H and O–H groups in total. The van der Waals surface area contributed by atoms with Crippen LogP contribution < -0.4 is 9.62 Å². The molecule has 0 unspecified atom stereocenters. The maximum absolute atomic E-state index is 12.4. The van der Waals surface area contributed by atoms with E-state index in [1.165, 1.54) is 6.07 Å². The molecule has 1 amide bonds. The van der Waals surface area contributed by atoms with Gasteiger partial charge in [-0.2, -0.15) is 0 Å². The zero-order valence-corrected chi connectivity index (χ0v) is 19.1. The molecule has 1 aliphatic heterocycles. The standard InChI is InChI=1S/C21H24ClN3O5S/c1-4-30-21(27)17-9-18(22)19(23-14(17)3)25-10-16(11-25)20(26)24-31(28,29)12-15-7-5-13(2)6-8-15/h5-9,16H,4,10-12H2,1-3H3,(H,24,26). The molecular weight excluding hydrogens is 442 g/mol. The summed E-state index contributed by atoms with van der Waals surface area (Å²) in [4.78, 5) is 30.5. The molecular formula is C21H24ClN3O5S. The van der Waals surface area contributed by atoms with Gasteiger partial charge in [-0.05, 0) is 32.4 Å². The van der Waals surface area contributed by atoms with Gasteiger partial charge < -0.3 is 9.64 Å². The van der Waals surface area contributed by atoms with Crippen LogP contribution in [0.15, 0.2) is 30.3 Å². The largest absolute Gasteiger partial charge is 0.462 e. The summed E-state index contributed by atoms with van der Waals surface area (Å²) in [6.07, 6.45) is 0. The Morgan fingerprint density at radius 1 is 1.23 bits per heavy atom. The molecule has 31 heavy (non-hydrogen) atoms. The number of amides is 1. The molecule has 8 nitrogen and oxygen atoms in total. The molecule has 0 atom stereocenters. The number of benzene rings is 1. The van der Waals surface area contributed by atoms with Gasteiger partial charge in [-0.1, -0.05) is 41.4 Å². The van der Waals surface area contributed by atoms with Gasteiger partial charge in [-0.15, -0.1) is 0 Å². The maximum atomic E-state index is 12.4. The number of hydrogen-bond acceptors (Lipinski definition) is 7. The number of rotatable bonds is 7. The lowest BCUT2D eigenvalue weighted by Gasteiger charge is -2.39. The van der Waals surface area contributed by atoms with Crippen molar-refractivity contribution in [2.75, 3.05) is 24.6 Å². The smallest absolute Gasteiger partial charge is 0.340 e. The molecule has 2 heterocycles. The predicted octanol–water partition coefficient (Wildman–Crippen LogP) is 2.61. The summed E-state index contributed by atoms with van der Waals surface area (Å²) in [7, 11) is -3.80. The quantitative estimate of drug-likeness (QED) is 0.626. The van der Waals surface area contributed by atoms with Crippen molar-refractivity contribution in [3.8, 4) is 0 Å². The van der Waals surface area contributed by atoms with Crippen LogP contribution in [0.4, 0.5) is 5.82 Å². The Balaban J connectivity index is 1.60. The Kier molecular flexibility index (Phi) is 6.86.